The van der Waals surface area contributed by atoms with Crippen molar-refractivity contribution in [3.8, 4) is 0 Å². The third-order valence-corrected chi connectivity index (χ3v) is 4.71. The number of rotatable bonds is 1. The Labute approximate surface area is 148 Å². The van der Waals surface area contributed by atoms with Gasteiger partial charge in [0.15, 0.2) is 0 Å². The summed E-state index contributed by atoms with van der Waals surface area (Å²) in [6.45, 7) is 14.2. The van der Waals surface area contributed by atoms with Crippen LogP contribution in [0.3, 0.4) is 0 Å². The molecule has 0 amide bonds. The fourth-order valence-corrected chi connectivity index (χ4v) is 3.34. The van der Waals surface area contributed by atoms with Crippen LogP contribution in [0, 0.1) is 10.8 Å². The van der Waals surface area contributed by atoms with Gasteiger partial charge in [0.05, 0.1) is 16.1 Å². The Bertz CT molecular complexity index is 837. The second-order valence-corrected chi connectivity index (χ2v) is 8.91. The molecular weight excluding hydrogens is 322 g/mol. The van der Waals surface area contributed by atoms with Crippen molar-refractivity contribution in [2.75, 3.05) is 5.73 Å². The predicted molar refractivity (Wildman–Crippen MR) is 103 cm³/mol. The number of allylic oxidation sites excluding steroid dienone is 3. The van der Waals surface area contributed by atoms with Gasteiger partial charge in [-0.3, -0.25) is 9.59 Å². The molecule has 24 heavy (non-hydrogen) atoms. The lowest BCUT2D eigenvalue weighted by Crippen LogP contribution is -2.42. The molecule has 1 aliphatic heterocycles. The summed E-state index contributed by atoms with van der Waals surface area (Å²) in [5.41, 5.74) is 5.90. The lowest BCUT2D eigenvalue weighted by molar-refractivity contribution is 0.0477. The molecule has 0 radical (unpaired) electrons. The quantitative estimate of drug-likeness (QED) is 0.479. The van der Waals surface area contributed by atoms with Gasteiger partial charge in [0.2, 0.25) is 10.9 Å². The Morgan fingerprint density at radius 1 is 1.12 bits per heavy atom. The lowest BCUT2D eigenvalue weighted by atomic mass is 9.79. The van der Waals surface area contributed by atoms with Crippen LogP contribution in [0.2, 0.25) is 0 Å². The minimum absolute atomic E-state index is 0.0253. The maximum absolute atomic E-state index is 11.9. The lowest BCUT2D eigenvalue weighted by Gasteiger charge is -2.40. The first-order valence-electron chi connectivity index (χ1n) is 8.00. The molecule has 4 nitrogen and oxygen atoms in total. The van der Waals surface area contributed by atoms with Crippen LogP contribution < -0.4 is 16.6 Å². The molecule has 5 heteroatoms. The first-order chi connectivity index (χ1) is 10.8. The van der Waals surface area contributed by atoms with Crippen LogP contribution in [0.25, 0.3) is 5.57 Å². The standard InChI is InChI=1S/C19H25NO3S/c1-9(12-13(20)15(22)14(12)21)10-8-11(18(2,3)4)23-17(16(10)24)19(5,6)7/h8,17H,20H2,1-7H3. The van der Waals surface area contributed by atoms with Crippen molar-refractivity contribution in [1.29, 1.82) is 0 Å². The normalized spacial score (nSPS) is 21.5. The van der Waals surface area contributed by atoms with Crippen molar-refractivity contribution in [3.05, 3.63) is 43.4 Å². The van der Waals surface area contributed by atoms with Gasteiger partial charge in [-0.15, -0.1) is 0 Å². The molecule has 1 aromatic carbocycles. The van der Waals surface area contributed by atoms with E-state index in [1.54, 1.807) is 6.92 Å². The van der Waals surface area contributed by atoms with E-state index in [4.69, 9.17) is 22.7 Å². The second-order valence-electron chi connectivity index (χ2n) is 8.47. The Hall–Kier alpha value is -1.75. The van der Waals surface area contributed by atoms with Gasteiger partial charge < -0.3 is 10.5 Å². The molecule has 2 N–H and O–H groups in total. The van der Waals surface area contributed by atoms with Crippen molar-refractivity contribution in [2.24, 2.45) is 10.8 Å². The number of hydrogen-bond acceptors (Lipinski definition) is 5. The summed E-state index contributed by atoms with van der Waals surface area (Å²) in [5.74, 6) is 0.808. The van der Waals surface area contributed by atoms with Crippen LogP contribution in [-0.4, -0.2) is 11.0 Å². The van der Waals surface area contributed by atoms with E-state index in [-0.39, 0.29) is 28.2 Å². The van der Waals surface area contributed by atoms with E-state index in [1.807, 2.05) is 6.08 Å². The molecule has 0 fully saturated rings. The molecule has 1 atom stereocenters. The predicted octanol–water partition coefficient (Wildman–Crippen LogP) is 3.38. The van der Waals surface area contributed by atoms with Gasteiger partial charge in [-0.2, -0.15) is 0 Å². The van der Waals surface area contributed by atoms with Gasteiger partial charge in [0.25, 0.3) is 0 Å². The highest BCUT2D eigenvalue weighted by atomic mass is 32.1. The van der Waals surface area contributed by atoms with Crippen LogP contribution in [0.4, 0.5) is 5.69 Å². The summed E-state index contributed by atoms with van der Waals surface area (Å²) < 4.78 is 6.20. The molecule has 0 bridgehead atoms. The highest BCUT2D eigenvalue weighted by molar-refractivity contribution is 7.81. The van der Waals surface area contributed by atoms with Crippen molar-refractivity contribution < 1.29 is 4.74 Å². The zero-order valence-electron chi connectivity index (χ0n) is 15.4. The molecule has 0 aliphatic carbocycles. The third-order valence-electron chi connectivity index (χ3n) is 4.28. The van der Waals surface area contributed by atoms with Crippen molar-refractivity contribution in [3.63, 3.8) is 0 Å². The molecule has 0 aromatic heterocycles. The minimum atomic E-state index is -0.615. The summed E-state index contributed by atoms with van der Waals surface area (Å²) >= 11 is 5.66. The highest BCUT2D eigenvalue weighted by Crippen LogP contribution is 2.40. The average Bonchev–Trinajstić information content (AvgIpc) is 2.44. The summed E-state index contributed by atoms with van der Waals surface area (Å²) in [7, 11) is 0. The largest absolute Gasteiger partial charge is 0.488 e. The zero-order valence-corrected chi connectivity index (χ0v) is 16.2. The van der Waals surface area contributed by atoms with Crippen LogP contribution >= 0.6 is 12.2 Å². The van der Waals surface area contributed by atoms with Gasteiger partial charge in [-0.05, 0) is 24.1 Å². The van der Waals surface area contributed by atoms with E-state index in [9.17, 15) is 9.59 Å². The van der Waals surface area contributed by atoms with Crippen molar-refractivity contribution in [2.45, 2.75) is 54.6 Å². The van der Waals surface area contributed by atoms with Crippen LogP contribution in [0.5, 0.6) is 0 Å². The fourth-order valence-electron chi connectivity index (χ4n) is 2.73. The Balaban J connectivity index is 2.70. The first kappa shape index (κ1) is 18.6. The van der Waals surface area contributed by atoms with E-state index in [0.717, 1.165) is 11.3 Å². The number of ether oxygens (including phenoxy) is 1. The SMILES string of the molecule is CC(=C1C=C(C(C)(C)C)OC(C(C)(C)C)C1=S)c1c(N)c(=O)c1=O. The minimum Gasteiger partial charge on any atom is -0.488 e. The molecule has 130 valence electrons. The van der Waals surface area contributed by atoms with E-state index >= 15 is 0 Å². The van der Waals surface area contributed by atoms with Crippen LogP contribution in [0.15, 0.2) is 27.0 Å². The first-order valence-corrected chi connectivity index (χ1v) is 8.40. The number of nitrogen functional groups attached to an aromatic ring is 1. The van der Waals surface area contributed by atoms with Crippen molar-refractivity contribution in [1.82, 2.24) is 0 Å². The topological polar surface area (TPSA) is 69.4 Å². The fraction of sp³-hybridized carbons (Fsp3) is 0.526. The molecule has 1 heterocycles. The van der Waals surface area contributed by atoms with Gasteiger partial charge in [0.1, 0.15) is 11.9 Å². The molecule has 1 unspecified atom stereocenters. The summed E-state index contributed by atoms with van der Waals surface area (Å²) in [5, 5.41) is 0. The number of hydrogen-bond donors (Lipinski definition) is 1. The van der Waals surface area contributed by atoms with E-state index in [0.29, 0.717) is 10.4 Å². The van der Waals surface area contributed by atoms with E-state index in [1.165, 1.54) is 0 Å². The number of anilines is 1. The second kappa shape index (κ2) is 5.66. The average molecular weight is 347 g/mol. The van der Waals surface area contributed by atoms with Gasteiger partial charge in [-0.25, -0.2) is 0 Å². The van der Waals surface area contributed by atoms with Crippen molar-refractivity contribution >= 4 is 28.3 Å². The Morgan fingerprint density at radius 2 is 1.67 bits per heavy atom. The zero-order chi connectivity index (χ0) is 18.6. The molecule has 0 saturated carbocycles. The summed E-state index contributed by atoms with van der Waals surface area (Å²) in [4.78, 5) is 24.0. The molecule has 1 aliphatic rings. The molecule has 1 aromatic rings. The maximum Gasteiger partial charge on any atom is 0.249 e. The summed E-state index contributed by atoms with van der Waals surface area (Å²) in [6.07, 6.45) is 1.60. The van der Waals surface area contributed by atoms with E-state index in [2.05, 4.69) is 41.5 Å². The van der Waals surface area contributed by atoms with E-state index < -0.39 is 10.9 Å². The number of thiocarbonyl (C=S) groups is 1. The molecule has 0 spiro atoms. The smallest absolute Gasteiger partial charge is 0.249 e. The van der Waals surface area contributed by atoms with Gasteiger partial charge in [0, 0.05) is 10.8 Å². The monoisotopic (exact) mass is 347 g/mol. The molecule has 2 rings (SSSR count). The van der Waals surface area contributed by atoms with Gasteiger partial charge >= 0.3 is 0 Å². The van der Waals surface area contributed by atoms with Crippen LogP contribution in [-0.2, 0) is 4.74 Å². The maximum atomic E-state index is 11.9. The van der Waals surface area contributed by atoms with Gasteiger partial charge in [-0.1, -0.05) is 53.8 Å². The Morgan fingerprint density at radius 3 is 2.08 bits per heavy atom. The highest BCUT2D eigenvalue weighted by Gasteiger charge is 2.39. The molecular formula is C19H25NO3S. The van der Waals surface area contributed by atoms with Crippen LogP contribution in [0.1, 0.15) is 54.0 Å². The number of nitrogens with two attached hydrogens (primary N) is 1. The summed E-state index contributed by atoms with van der Waals surface area (Å²) in [6, 6.07) is 0. The Kier molecular flexibility index (Phi) is 4.38. The third kappa shape index (κ3) is 2.97. The molecule has 0 saturated heterocycles.